The summed E-state index contributed by atoms with van der Waals surface area (Å²) in [5, 5.41) is 18.4. The summed E-state index contributed by atoms with van der Waals surface area (Å²) < 4.78 is 61.8. The van der Waals surface area contributed by atoms with Gasteiger partial charge in [-0.3, -0.25) is 10.1 Å². The van der Waals surface area contributed by atoms with Gasteiger partial charge in [0.15, 0.2) is 0 Å². The quantitative estimate of drug-likeness (QED) is 0.382. The molecule has 0 aliphatic rings. The van der Waals surface area contributed by atoms with E-state index in [1.807, 2.05) is 0 Å². The highest BCUT2D eigenvalue weighted by Crippen LogP contribution is 2.39. The molecule has 0 unspecified atom stereocenters. The van der Waals surface area contributed by atoms with Crippen molar-refractivity contribution in [1.82, 2.24) is 0 Å². The number of nitro benzene ring substituents is 1. The second-order valence-corrected chi connectivity index (χ2v) is 5.30. The van der Waals surface area contributed by atoms with Crippen molar-refractivity contribution in [2.24, 2.45) is 0 Å². The van der Waals surface area contributed by atoms with Gasteiger partial charge in [-0.2, -0.15) is 21.6 Å². The molecular weight excluding hydrogens is 347 g/mol. The summed E-state index contributed by atoms with van der Waals surface area (Å²) in [4.78, 5) is 20.0. The number of hydrogen-bond donors (Lipinski definition) is 1. The van der Waals surface area contributed by atoms with Gasteiger partial charge < -0.3 is 9.29 Å². The number of carboxylic acids is 1. The van der Waals surface area contributed by atoms with Crippen molar-refractivity contribution in [3.05, 3.63) is 32.8 Å². The number of aromatic carboxylic acids is 1. The van der Waals surface area contributed by atoms with Gasteiger partial charge in [0.05, 0.1) is 15.5 Å². The number of carboxylic acid groups (broad SMARTS) is 1. The number of rotatable bonds is 4. The first-order valence-electron chi connectivity index (χ1n) is 4.59. The van der Waals surface area contributed by atoms with Gasteiger partial charge in [-0.05, 0) is 6.07 Å². The zero-order valence-corrected chi connectivity index (χ0v) is 11.0. The van der Waals surface area contributed by atoms with Crippen LogP contribution in [0, 0.1) is 10.1 Å². The van der Waals surface area contributed by atoms with E-state index in [-0.39, 0.29) is 0 Å². The Morgan fingerprint density at radius 1 is 1.38 bits per heavy atom. The zero-order chi connectivity index (χ0) is 16.6. The van der Waals surface area contributed by atoms with E-state index in [0.717, 1.165) is 0 Å². The maximum absolute atomic E-state index is 12.2. The van der Waals surface area contributed by atoms with Crippen LogP contribution in [0.25, 0.3) is 0 Å². The number of benzene rings is 1. The molecule has 0 spiro atoms. The average molecular weight is 350 g/mol. The Morgan fingerprint density at radius 3 is 2.29 bits per heavy atom. The fraction of sp³-hybridized carbons (Fsp3) is 0.125. The van der Waals surface area contributed by atoms with Gasteiger partial charge in [-0.1, -0.05) is 11.6 Å². The monoisotopic (exact) mass is 349 g/mol. The van der Waals surface area contributed by atoms with E-state index < -0.39 is 48.5 Å². The van der Waals surface area contributed by atoms with Gasteiger partial charge in [0.2, 0.25) is 5.75 Å². The molecule has 1 aromatic carbocycles. The van der Waals surface area contributed by atoms with Crippen LogP contribution in [-0.4, -0.2) is 29.9 Å². The maximum Gasteiger partial charge on any atom is 0.534 e. The number of halogens is 4. The van der Waals surface area contributed by atoms with Crippen LogP contribution in [0.1, 0.15) is 10.4 Å². The van der Waals surface area contributed by atoms with Crippen LogP contribution in [0.2, 0.25) is 5.02 Å². The summed E-state index contributed by atoms with van der Waals surface area (Å²) >= 11 is 5.35. The van der Waals surface area contributed by atoms with Gasteiger partial charge >= 0.3 is 27.3 Å². The normalized spacial score (nSPS) is 12.0. The Hall–Kier alpha value is -2.08. The molecule has 0 aliphatic heterocycles. The molecule has 0 aromatic heterocycles. The lowest BCUT2D eigenvalue weighted by atomic mass is 10.2. The maximum atomic E-state index is 12.2. The molecule has 0 fully saturated rings. The average Bonchev–Trinajstić information content (AvgIpc) is 2.28. The molecule has 21 heavy (non-hydrogen) atoms. The molecule has 0 saturated heterocycles. The van der Waals surface area contributed by atoms with Crippen LogP contribution in [0.4, 0.5) is 18.9 Å². The number of carbonyl (C=O) groups is 1. The third-order valence-electron chi connectivity index (χ3n) is 1.94. The van der Waals surface area contributed by atoms with Crippen LogP contribution >= 0.6 is 11.6 Å². The van der Waals surface area contributed by atoms with Crippen molar-refractivity contribution in [2.45, 2.75) is 5.51 Å². The molecular formula is C8H3ClF3NO7S. The zero-order valence-electron chi connectivity index (χ0n) is 9.42. The standard InChI is InChI=1S/C8H3ClF3NO7S/c9-4-1-3(7(14)15)2-5(13(16)17)6(4)20-21(18,19)8(10,11)12/h1-2H,(H,14,15). The Morgan fingerprint density at radius 2 is 1.90 bits per heavy atom. The summed E-state index contributed by atoms with van der Waals surface area (Å²) in [6, 6.07) is 0.827. The van der Waals surface area contributed by atoms with E-state index in [2.05, 4.69) is 4.18 Å². The predicted octanol–water partition coefficient (Wildman–Crippen LogP) is 2.17. The first-order chi connectivity index (χ1) is 9.36. The third kappa shape index (κ3) is 3.52. The summed E-state index contributed by atoms with van der Waals surface area (Å²) in [6.45, 7) is 0. The highest BCUT2D eigenvalue weighted by atomic mass is 35.5. The van der Waals surface area contributed by atoms with Gasteiger partial charge in [0.1, 0.15) is 0 Å². The first-order valence-corrected chi connectivity index (χ1v) is 6.37. The van der Waals surface area contributed by atoms with E-state index in [0.29, 0.717) is 12.1 Å². The number of nitrogens with zero attached hydrogens (tertiary/aromatic N) is 1. The molecule has 13 heteroatoms. The lowest BCUT2D eigenvalue weighted by Gasteiger charge is -2.11. The second kappa shape index (κ2) is 5.37. The fourth-order valence-electron chi connectivity index (χ4n) is 1.08. The first kappa shape index (κ1) is 17.0. The van der Waals surface area contributed by atoms with E-state index in [1.54, 1.807) is 0 Å². The fourth-order valence-corrected chi connectivity index (χ4v) is 1.87. The van der Waals surface area contributed by atoms with Gasteiger partial charge in [-0.25, -0.2) is 4.79 Å². The summed E-state index contributed by atoms with van der Waals surface area (Å²) in [5.74, 6) is -3.09. The van der Waals surface area contributed by atoms with E-state index >= 15 is 0 Å². The van der Waals surface area contributed by atoms with Gasteiger partial charge in [0, 0.05) is 6.07 Å². The molecule has 1 rings (SSSR count). The lowest BCUT2D eigenvalue weighted by molar-refractivity contribution is -0.385. The minimum absolute atomic E-state index is 0.315. The van der Waals surface area contributed by atoms with Crippen molar-refractivity contribution in [3.8, 4) is 5.75 Å². The Balaban J connectivity index is 3.51. The lowest BCUT2D eigenvalue weighted by Crippen LogP contribution is -2.28. The smallest absolute Gasteiger partial charge is 0.478 e. The summed E-state index contributed by atoms with van der Waals surface area (Å²) in [5.41, 5.74) is -7.91. The molecule has 0 atom stereocenters. The minimum Gasteiger partial charge on any atom is -0.478 e. The van der Waals surface area contributed by atoms with Crippen molar-refractivity contribution in [2.75, 3.05) is 0 Å². The van der Waals surface area contributed by atoms with Gasteiger partial charge in [-0.15, -0.1) is 0 Å². The van der Waals surface area contributed by atoms with Crippen LogP contribution in [-0.2, 0) is 10.1 Å². The molecule has 8 nitrogen and oxygen atoms in total. The number of hydrogen-bond acceptors (Lipinski definition) is 6. The van der Waals surface area contributed by atoms with Crippen molar-refractivity contribution in [1.29, 1.82) is 0 Å². The molecule has 0 bridgehead atoms. The van der Waals surface area contributed by atoms with E-state index in [1.165, 1.54) is 0 Å². The Labute approximate surface area is 119 Å². The SMILES string of the molecule is O=C(O)c1cc(Cl)c(OS(=O)(=O)C(F)(F)F)c([N+](=O)[O-])c1. The molecule has 1 aromatic rings. The van der Waals surface area contributed by atoms with Crippen LogP contribution in [0.15, 0.2) is 12.1 Å². The Kier molecular flexibility index (Phi) is 4.34. The molecule has 0 heterocycles. The minimum atomic E-state index is -6.20. The Bertz CT molecular complexity index is 715. The van der Waals surface area contributed by atoms with Crippen molar-refractivity contribution >= 4 is 33.4 Å². The summed E-state index contributed by atoms with van der Waals surface area (Å²) in [7, 11) is -6.20. The topological polar surface area (TPSA) is 124 Å². The molecule has 116 valence electrons. The summed E-state index contributed by atoms with van der Waals surface area (Å²) in [6.07, 6.45) is 0. The number of alkyl halides is 3. The molecule has 0 aliphatic carbocycles. The van der Waals surface area contributed by atoms with E-state index in [4.69, 9.17) is 16.7 Å². The largest absolute Gasteiger partial charge is 0.534 e. The van der Waals surface area contributed by atoms with Crippen LogP contribution in [0.5, 0.6) is 5.75 Å². The van der Waals surface area contributed by atoms with Gasteiger partial charge in [0.25, 0.3) is 0 Å². The third-order valence-corrected chi connectivity index (χ3v) is 3.18. The van der Waals surface area contributed by atoms with Crippen LogP contribution in [0.3, 0.4) is 0 Å². The molecule has 0 saturated carbocycles. The molecule has 0 radical (unpaired) electrons. The highest BCUT2D eigenvalue weighted by molar-refractivity contribution is 7.88. The van der Waals surface area contributed by atoms with Crippen molar-refractivity contribution in [3.63, 3.8) is 0 Å². The second-order valence-electron chi connectivity index (χ2n) is 3.35. The highest BCUT2D eigenvalue weighted by Gasteiger charge is 2.49. The van der Waals surface area contributed by atoms with E-state index in [9.17, 15) is 36.5 Å². The van der Waals surface area contributed by atoms with Crippen molar-refractivity contribution < 1.29 is 40.6 Å². The molecule has 1 N–H and O–H groups in total. The van der Waals surface area contributed by atoms with Crippen LogP contribution < -0.4 is 4.18 Å². The number of nitro groups is 1. The molecule has 0 amide bonds. The predicted molar refractivity (Wildman–Crippen MR) is 60.7 cm³/mol.